The molecule has 2 aromatic heterocycles. The first-order valence-electron chi connectivity index (χ1n) is 5.12. The second-order valence-corrected chi connectivity index (χ2v) is 4.59. The van der Waals surface area contributed by atoms with Crippen LogP contribution in [0.2, 0.25) is 0 Å². The number of fused-ring (bicyclic) bond motifs is 1. The number of carbonyl (C=O) groups is 1. The first-order valence-corrected chi connectivity index (χ1v) is 6.00. The van der Waals surface area contributed by atoms with Gasteiger partial charge < -0.3 is 10.2 Å². The summed E-state index contributed by atoms with van der Waals surface area (Å²) in [6.07, 6.45) is 0. The van der Waals surface area contributed by atoms with Gasteiger partial charge in [0.05, 0.1) is 0 Å². The molecule has 0 bridgehead atoms. The van der Waals surface area contributed by atoms with Gasteiger partial charge in [0.1, 0.15) is 16.2 Å². The lowest BCUT2D eigenvalue weighted by Crippen LogP contribution is -2.09. The zero-order valence-corrected chi connectivity index (χ0v) is 9.66. The fraction of sp³-hybridized carbons (Fsp3) is 0. The molecular formula is C13H9NO2S. The maximum Gasteiger partial charge on any atom is 0.259 e. The van der Waals surface area contributed by atoms with Crippen LogP contribution in [0.5, 0.6) is 0 Å². The molecule has 2 heterocycles. The largest absolute Gasteiger partial charge is 0.456 e. The topological polar surface area (TPSA) is 56.2 Å². The fourth-order valence-corrected chi connectivity index (χ4v) is 2.56. The highest BCUT2D eigenvalue weighted by Gasteiger charge is 2.15. The molecule has 4 heteroatoms. The van der Waals surface area contributed by atoms with Crippen LogP contribution in [-0.2, 0) is 0 Å². The predicted octanol–water partition coefficient (Wildman–Crippen LogP) is 3.26. The summed E-state index contributed by atoms with van der Waals surface area (Å²) in [6, 6.07) is 11.5. The van der Waals surface area contributed by atoms with E-state index >= 15 is 0 Å². The second kappa shape index (κ2) is 3.75. The maximum absolute atomic E-state index is 11.3. The molecule has 0 atom stereocenters. The Morgan fingerprint density at radius 3 is 2.82 bits per heavy atom. The molecule has 84 valence electrons. The first-order chi connectivity index (χ1) is 8.25. The van der Waals surface area contributed by atoms with Gasteiger partial charge in [0, 0.05) is 10.9 Å². The van der Waals surface area contributed by atoms with E-state index in [4.69, 9.17) is 10.2 Å². The molecule has 0 fully saturated rings. The fourth-order valence-electron chi connectivity index (χ4n) is 1.81. The second-order valence-electron chi connectivity index (χ2n) is 3.68. The number of carbonyl (C=O) groups excluding carboxylic acids is 1. The van der Waals surface area contributed by atoms with Crippen LogP contribution >= 0.6 is 11.3 Å². The van der Waals surface area contributed by atoms with E-state index in [2.05, 4.69) is 0 Å². The number of furan rings is 1. The predicted molar refractivity (Wildman–Crippen MR) is 68.0 cm³/mol. The minimum Gasteiger partial charge on any atom is -0.456 e. The summed E-state index contributed by atoms with van der Waals surface area (Å²) in [4.78, 5) is 11.8. The van der Waals surface area contributed by atoms with Crippen molar-refractivity contribution in [2.45, 2.75) is 0 Å². The van der Waals surface area contributed by atoms with E-state index in [1.54, 1.807) is 0 Å². The van der Waals surface area contributed by atoms with Gasteiger partial charge in [0.15, 0.2) is 0 Å². The molecule has 0 radical (unpaired) electrons. The lowest BCUT2D eigenvalue weighted by Gasteiger charge is -1.94. The van der Waals surface area contributed by atoms with E-state index in [-0.39, 0.29) is 0 Å². The van der Waals surface area contributed by atoms with Crippen molar-refractivity contribution in [1.82, 2.24) is 0 Å². The van der Waals surface area contributed by atoms with Gasteiger partial charge in [-0.1, -0.05) is 18.2 Å². The molecule has 0 aliphatic rings. The zero-order valence-electron chi connectivity index (χ0n) is 8.84. The van der Waals surface area contributed by atoms with Gasteiger partial charge in [-0.25, -0.2) is 0 Å². The molecule has 0 saturated carbocycles. The Balaban J connectivity index is 2.20. The van der Waals surface area contributed by atoms with Crippen molar-refractivity contribution in [2.24, 2.45) is 5.73 Å². The monoisotopic (exact) mass is 243 g/mol. The average molecular weight is 243 g/mol. The van der Waals surface area contributed by atoms with E-state index in [1.807, 2.05) is 41.8 Å². The summed E-state index contributed by atoms with van der Waals surface area (Å²) in [5.41, 5.74) is 6.89. The highest BCUT2D eigenvalue weighted by Crippen LogP contribution is 2.32. The third-order valence-electron chi connectivity index (χ3n) is 2.58. The molecule has 2 N–H and O–H groups in total. The summed E-state index contributed by atoms with van der Waals surface area (Å²) < 4.78 is 5.70. The number of amides is 1. The average Bonchev–Trinajstić information content (AvgIpc) is 2.95. The Hall–Kier alpha value is -2.07. The Morgan fingerprint density at radius 1 is 1.24 bits per heavy atom. The van der Waals surface area contributed by atoms with Gasteiger partial charge >= 0.3 is 0 Å². The standard InChI is InChI=1S/C13H9NO2S/c14-13(15)12-9(5-6-17-12)11-7-8-3-1-2-4-10(8)16-11/h1-7H,(H2,14,15). The SMILES string of the molecule is NC(=O)c1sccc1-c1cc2ccccc2o1. The van der Waals surface area contributed by atoms with Crippen LogP contribution in [0.25, 0.3) is 22.3 Å². The van der Waals surface area contributed by atoms with Crippen LogP contribution < -0.4 is 5.73 Å². The Labute approximate surface area is 101 Å². The van der Waals surface area contributed by atoms with Gasteiger partial charge in [-0.15, -0.1) is 11.3 Å². The van der Waals surface area contributed by atoms with Crippen LogP contribution in [-0.4, -0.2) is 5.91 Å². The summed E-state index contributed by atoms with van der Waals surface area (Å²) in [7, 11) is 0. The van der Waals surface area contributed by atoms with Crippen molar-refractivity contribution in [3.8, 4) is 11.3 Å². The smallest absolute Gasteiger partial charge is 0.259 e. The number of thiophene rings is 1. The van der Waals surface area contributed by atoms with Gasteiger partial charge in [-0.2, -0.15) is 0 Å². The molecule has 1 amide bonds. The van der Waals surface area contributed by atoms with Gasteiger partial charge in [0.25, 0.3) is 5.91 Å². The Kier molecular flexibility index (Phi) is 2.23. The van der Waals surface area contributed by atoms with Crippen molar-refractivity contribution in [1.29, 1.82) is 0 Å². The van der Waals surface area contributed by atoms with Gasteiger partial charge in [-0.05, 0) is 23.6 Å². The molecule has 1 aromatic carbocycles. The number of benzene rings is 1. The third-order valence-corrected chi connectivity index (χ3v) is 3.51. The van der Waals surface area contributed by atoms with E-state index in [1.165, 1.54) is 11.3 Å². The minimum absolute atomic E-state index is 0.421. The van der Waals surface area contributed by atoms with E-state index in [0.717, 1.165) is 16.5 Å². The van der Waals surface area contributed by atoms with Crippen LogP contribution in [0, 0.1) is 0 Å². The van der Waals surface area contributed by atoms with E-state index in [0.29, 0.717) is 10.6 Å². The molecule has 0 spiro atoms. The lowest BCUT2D eigenvalue weighted by molar-refractivity contribution is 0.100. The number of hydrogen-bond donors (Lipinski definition) is 1. The Morgan fingerprint density at radius 2 is 2.06 bits per heavy atom. The molecule has 3 aromatic rings. The van der Waals surface area contributed by atoms with E-state index in [9.17, 15) is 4.79 Å². The maximum atomic E-state index is 11.3. The highest BCUT2D eigenvalue weighted by atomic mass is 32.1. The van der Waals surface area contributed by atoms with Crippen LogP contribution in [0.1, 0.15) is 9.67 Å². The first kappa shape index (κ1) is 10.1. The number of hydrogen-bond acceptors (Lipinski definition) is 3. The summed E-state index contributed by atoms with van der Waals surface area (Å²) >= 11 is 1.33. The molecule has 3 rings (SSSR count). The molecule has 3 nitrogen and oxygen atoms in total. The third kappa shape index (κ3) is 1.62. The van der Waals surface area contributed by atoms with Crippen LogP contribution in [0.4, 0.5) is 0 Å². The molecule has 17 heavy (non-hydrogen) atoms. The van der Waals surface area contributed by atoms with E-state index < -0.39 is 5.91 Å². The Bertz CT molecular complexity index is 663. The minimum atomic E-state index is -0.421. The van der Waals surface area contributed by atoms with Crippen molar-refractivity contribution in [2.75, 3.05) is 0 Å². The highest BCUT2D eigenvalue weighted by molar-refractivity contribution is 7.12. The molecule has 0 unspecified atom stereocenters. The normalized spacial score (nSPS) is 10.8. The number of primary amides is 1. The van der Waals surface area contributed by atoms with Gasteiger partial charge in [0.2, 0.25) is 0 Å². The number of rotatable bonds is 2. The number of nitrogens with two attached hydrogens (primary N) is 1. The summed E-state index contributed by atoms with van der Waals surface area (Å²) in [5.74, 6) is 0.261. The van der Waals surface area contributed by atoms with Crippen molar-refractivity contribution >= 4 is 28.2 Å². The lowest BCUT2D eigenvalue weighted by atomic mass is 10.2. The van der Waals surface area contributed by atoms with Gasteiger partial charge in [-0.3, -0.25) is 4.79 Å². The summed E-state index contributed by atoms with van der Waals surface area (Å²) in [6.45, 7) is 0. The summed E-state index contributed by atoms with van der Waals surface area (Å²) in [5, 5.41) is 2.85. The quantitative estimate of drug-likeness (QED) is 0.751. The zero-order chi connectivity index (χ0) is 11.8. The molecule has 0 aliphatic heterocycles. The van der Waals surface area contributed by atoms with Crippen LogP contribution in [0.3, 0.4) is 0 Å². The molecular weight excluding hydrogens is 234 g/mol. The van der Waals surface area contributed by atoms with Crippen molar-refractivity contribution in [3.63, 3.8) is 0 Å². The number of para-hydroxylation sites is 1. The van der Waals surface area contributed by atoms with Crippen molar-refractivity contribution in [3.05, 3.63) is 46.7 Å². The molecule has 0 saturated heterocycles. The van der Waals surface area contributed by atoms with Crippen LogP contribution in [0.15, 0.2) is 46.2 Å². The van der Waals surface area contributed by atoms with Crippen molar-refractivity contribution < 1.29 is 9.21 Å². The molecule has 0 aliphatic carbocycles.